The summed E-state index contributed by atoms with van der Waals surface area (Å²) in [7, 11) is 0. The summed E-state index contributed by atoms with van der Waals surface area (Å²) in [6.07, 6.45) is 5.55. The van der Waals surface area contributed by atoms with Crippen LogP contribution in [0.2, 0.25) is 0 Å². The molecule has 2 aromatic rings. The van der Waals surface area contributed by atoms with Gasteiger partial charge in [-0.1, -0.05) is 31.2 Å². The number of benzene rings is 1. The van der Waals surface area contributed by atoms with Crippen LogP contribution in [-0.4, -0.2) is 21.0 Å². The number of hydrogen-bond donors (Lipinski definition) is 0. The van der Waals surface area contributed by atoms with Crippen LogP contribution in [0, 0.1) is 0 Å². The Balaban J connectivity index is 1.75. The molecule has 0 saturated carbocycles. The van der Waals surface area contributed by atoms with Gasteiger partial charge >= 0.3 is 0 Å². The molecule has 0 saturated heterocycles. The van der Waals surface area contributed by atoms with Crippen LogP contribution in [0.25, 0.3) is 10.2 Å². The molecule has 2 aliphatic heterocycles. The van der Waals surface area contributed by atoms with E-state index in [1.165, 1.54) is 10.3 Å². The third kappa shape index (κ3) is 2.52. The van der Waals surface area contributed by atoms with E-state index in [2.05, 4.69) is 46.8 Å². The van der Waals surface area contributed by atoms with Crippen molar-refractivity contribution in [1.29, 1.82) is 0 Å². The lowest BCUT2D eigenvalue weighted by Gasteiger charge is -2.31. The third-order valence-electron chi connectivity index (χ3n) is 3.90. The molecule has 23 heavy (non-hydrogen) atoms. The number of allylic oxidation sites excluding steroid dienone is 3. The molecule has 0 fully saturated rings. The number of hydrazone groups is 1. The third-order valence-corrected chi connectivity index (χ3v) is 4.89. The van der Waals surface area contributed by atoms with Gasteiger partial charge in [0.2, 0.25) is 0 Å². The van der Waals surface area contributed by atoms with Crippen LogP contribution in [0.1, 0.15) is 18.4 Å². The second kappa shape index (κ2) is 5.44. The minimum atomic E-state index is 0.128. The Bertz CT molecular complexity index is 935. The Morgan fingerprint density at radius 3 is 3.04 bits per heavy atom. The fourth-order valence-electron chi connectivity index (χ4n) is 2.70. The maximum absolute atomic E-state index is 6.06. The molecule has 1 aromatic heterocycles. The molecule has 0 spiro atoms. The highest BCUT2D eigenvalue weighted by Gasteiger charge is 2.26. The van der Waals surface area contributed by atoms with E-state index in [0.29, 0.717) is 5.17 Å². The summed E-state index contributed by atoms with van der Waals surface area (Å²) in [5.41, 5.74) is 5.81. The number of halogens is 1. The lowest BCUT2D eigenvalue weighted by atomic mass is 9.95. The van der Waals surface area contributed by atoms with Crippen molar-refractivity contribution in [2.75, 3.05) is 0 Å². The number of rotatable bonds is 2. The minimum Gasteiger partial charge on any atom is -0.245 e. The maximum Gasteiger partial charge on any atom is 0.154 e. The van der Waals surface area contributed by atoms with E-state index in [1.54, 1.807) is 22.4 Å². The van der Waals surface area contributed by atoms with E-state index in [0.717, 1.165) is 22.7 Å². The van der Waals surface area contributed by atoms with Crippen LogP contribution in [-0.2, 0) is 0 Å². The number of aromatic nitrogens is 1. The first kappa shape index (κ1) is 14.4. The number of fused-ring (bicyclic) bond motifs is 2. The van der Waals surface area contributed by atoms with E-state index < -0.39 is 0 Å². The summed E-state index contributed by atoms with van der Waals surface area (Å²) in [5, 5.41) is 6.63. The normalized spacial score (nSPS) is 18.4. The number of hydrogen-bond acceptors (Lipinski definition) is 5. The molecule has 0 bridgehead atoms. The molecular formula is C17H13ClN4S. The van der Waals surface area contributed by atoms with E-state index in [9.17, 15) is 0 Å². The smallest absolute Gasteiger partial charge is 0.154 e. The van der Waals surface area contributed by atoms with Crippen LogP contribution in [0.5, 0.6) is 0 Å². The van der Waals surface area contributed by atoms with Crippen LogP contribution in [0.3, 0.4) is 0 Å². The summed E-state index contributed by atoms with van der Waals surface area (Å²) in [6.45, 7) is 6.12. The van der Waals surface area contributed by atoms with E-state index in [1.807, 2.05) is 17.7 Å². The van der Waals surface area contributed by atoms with Gasteiger partial charge in [0.05, 0.1) is 27.1 Å². The van der Waals surface area contributed by atoms with Gasteiger partial charge < -0.3 is 0 Å². The van der Waals surface area contributed by atoms with Crippen molar-refractivity contribution in [1.82, 2.24) is 9.99 Å². The quantitative estimate of drug-likeness (QED) is 0.799. The summed E-state index contributed by atoms with van der Waals surface area (Å²) in [6, 6.07) is 6.34. The highest BCUT2D eigenvalue weighted by molar-refractivity contribution is 7.16. The van der Waals surface area contributed by atoms with Crippen molar-refractivity contribution in [3.05, 3.63) is 65.5 Å². The molecule has 4 rings (SSSR count). The monoisotopic (exact) mass is 340 g/mol. The first-order valence-corrected chi connectivity index (χ1v) is 8.42. The van der Waals surface area contributed by atoms with Crippen molar-refractivity contribution >= 4 is 44.2 Å². The molecule has 1 aromatic carbocycles. The molecule has 4 nitrogen and oxygen atoms in total. The Morgan fingerprint density at radius 1 is 1.30 bits per heavy atom. The second-order valence-electron chi connectivity index (χ2n) is 5.40. The zero-order valence-electron chi connectivity index (χ0n) is 12.4. The van der Waals surface area contributed by atoms with Crippen LogP contribution < -0.4 is 0 Å². The first-order chi connectivity index (χ1) is 11.1. The molecule has 114 valence electrons. The SMILES string of the molecule is C=C1C=C(C(C)c2ccc3ncsc3c2)N2N=C(Cl)C=CC2=N1. The number of nitrogens with zero attached hydrogens (tertiary/aromatic N) is 4. The van der Waals surface area contributed by atoms with Crippen molar-refractivity contribution in [3.63, 3.8) is 0 Å². The maximum atomic E-state index is 6.06. The Labute approximate surface area is 142 Å². The number of amidine groups is 1. The lowest BCUT2D eigenvalue weighted by Crippen LogP contribution is -2.31. The fraction of sp³-hybridized carbons (Fsp3) is 0.118. The average molecular weight is 341 g/mol. The summed E-state index contributed by atoms with van der Waals surface area (Å²) in [4.78, 5) is 8.75. The van der Waals surface area contributed by atoms with E-state index in [4.69, 9.17) is 11.6 Å². The van der Waals surface area contributed by atoms with Crippen LogP contribution in [0.4, 0.5) is 0 Å². The van der Waals surface area contributed by atoms with E-state index >= 15 is 0 Å². The molecule has 2 aliphatic rings. The fourth-order valence-corrected chi connectivity index (χ4v) is 3.56. The Morgan fingerprint density at radius 2 is 2.17 bits per heavy atom. The van der Waals surface area contributed by atoms with Crippen molar-refractivity contribution < 1.29 is 0 Å². The second-order valence-corrected chi connectivity index (χ2v) is 6.67. The number of thiazole rings is 1. The topological polar surface area (TPSA) is 40.9 Å². The summed E-state index contributed by atoms with van der Waals surface area (Å²) in [5.74, 6) is 0.867. The minimum absolute atomic E-state index is 0.128. The van der Waals surface area contributed by atoms with Crippen molar-refractivity contribution in [2.24, 2.45) is 10.1 Å². The average Bonchev–Trinajstić information content (AvgIpc) is 3.01. The van der Waals surface area contributed by atoms with Gasteiger partial charge in [0.1, 0.15) is 5.17 Å². The standard InChI is InChI=1S/C17H13ClN4S/c1-10-7-14(22-17(20-10)6-5-16(18)21-22)11(2)12-3-4-13-15(8-12)23-9-19-13/h3-9,11H,1H2,2H3. The molecule has 1 atom stereocenters. The van der Waals surface area contributed by atoms with Gasteiger partial charge in [0.25, 0.3) is 0 Å². The predicted octanol–water partition coefficient (Wildman–Crippen LogP) is 4.63. The Hall–Kier alpha value is -2.24. The molecule has 0 N–H and O–H groups in total. The molecule has 1 unspecified atom stereocenters. The van der Waals surface area contributed by atoms with Gasteiger partial charge in [-0.2, -0.15) is 5.10 Å². The molecular weight excluding hydrogens is 328 g/mol. The molecule has 0 radical (unpaired) electrons. The van der Waals surface area contributed by atoms with Gasteiger partial charge in [0.15, 0.2) is 5.84 Å². The molecule has 0 aliphatic carbocycles. The van der Waals surface area contributed by atoms with Crippen LogP contribution >= 0.6 is 22.9 Å². The zero-order chi connectivity index (χ0) is 16.0. The highest BCUT2D eigenvalue weighted by atomic mass is 35.5. The van der Waals surface area contributed by atoms with E-state index in [-0.39, 0.29) is 5.92 Å². The zero-order valence-corrected chi connectivity index (χ0v) is 14.0. The summed E-state index contributed by atoms with van der Waals surface area (Å²) < 4.78 is 1.18. The van der Waals surface area contributed by atoms with Crippen molar-refractivity contribution in [2.45, 2.75) is 12.8 Å². The van der Waals surface area contributed by atoms with Gasteiger partial charge in [-0.05, 0) is 35.9 Å². The van der Waals surface area contributed by atoms with Gasteiger partial charge in [-0.25, -0.2) is 15.0 Å². The molecule has 6 heteroatoms. The number of aliphatic imine (C=N–C) groups is 1. The first-order valence-electron chi connectivity index (χ1n) is 7.16. The molecule has 3 heterocycles. The highest BCUT2D eigenvalue weighted by Crippen LogP contribution is 2.34. The van der Waals surface area contributed by atoms with Gasteiger partial charge in [-0.3, -0.25) is 0 Å². The Kier molecular flexibility index (Phi) is 3.39. The van der Waals surface area contributed by atoms with Crippen LogP contribution in [0.15, 0.2) is 70.0 Å². The van der Waals surface area contributed by atoms with Gasteiger partial charge in [0, 0.05) is 5.92 Å². The predicted molar refractivity (Wildman–Crippen MR) is 97.0 cm³/mol. The summed E-state index contributed by atoms with van der Waals surface area (Å²) >= 11 is 7.71. The lowest BCUT2D eigenvalue weighted by molar-refractivity contribution is 0.501. The molecule has 0 amide bonds. The largest absolute Gasteiger partial charge is 0.245 e. The van der Waals surface area contributed by atoms with Gasteiger partial charge in [-0.15, -0.1) is 11.3 Å². The van der Waals surface area contributed by atoms with Crippen molar-refractivity contribution in [3.8, 4) is 0 Å².